The maximum Gasteiger partial charge on any atom is 0.307 e. The van der Waals surface area contributed by atoms with Crippen LogP contribution >= 0.6 is 40.3 Å². The fourth-order valence-electron chi connectivity index (χ4n) is 2.47. The Balaban J connectivity index is 2.19. The number of carbonyl (C=O) groups is 2. The Bertz CT molecular complexity index is 974. The van der Waals surface area contributed by atoms with Gasteiger partial charge in [0, 0.05) is 6.54 Å². The number of hydrogen-bond donors (Lipinski definition) is 3. The number of hydrogen-bond acceptors (Lipinski definition) is 7. The van der Waals surface area contributed by atoms with Crippen molar-refractivity contribution in [3.63, 3.8) is 0 Å². The zero-order chi connectivity index (χ0) is 23.2. The predicted molar refractivity (Wildman–Crippen MR) is 121 cm³/mol. The van der Waals surface area contributed by atoms with Gasteiger partial charge >= 0.3 is 5.97 Å². The number of benzene rings is 2. The Labute approximate surface area is 197 Å². The number of nitrogens with one attached hydrogen (secondary N) is 1. The second-order valence-corrected chi connectivity index (χ2v) is 9.24. The molecule has 0 spiro atoms. The molecule has 0 aromatic heterocycles. The molecule has 1 amide bonds. The quantitative estimate of drug-likeness (QED) is 0.288. The van der Waals surface area contributed by atoms with Crippen molar-refractivity contribution in [3.05, 3.63) is 50.4 Å². The van der Waals surface area contributed by atoms with Crippen molar-refractivity contribution in [2.75, 3.05) is 13.2 Å². The van der Waals surface area contributed by atoms with Gasteiger partial charge in [0.15, 0.2) is 19.6 Å². The monoisotopic (exact) mass is 575 g/mol. The van der Waals surface area contributed by atoms with Gasteiger partial charge in [0.1, 0.15) is 11.5 Å². The summed E-state index contributed by atoms with van der Waals surface area (Å²) >= 11 is 6.71. The SMILES string of the molecule is CCOC(=O)CCNC(=O)c1cc(Oc2c(Br)cc(C(C)(O)P=O)cc2Br)ccc1O. The third-order valence-corrected chi connectivity index (χ3v) is 5.87. The molecule has 0 saturated carbocycles. The van der Waals surface area contributed by atoms with Gasteiger partial charge in [-0.3, -0.25) is 14.2 Å². The summed E-state index contributed by atoms with van der Waals surface area (Å²) < 4.78 is 22.8. The smallest absolute Gasteiger partial charge is 0.307 e. The molecule has 3 N–H and O–H groups in total. The summed E-state index contributed by atoms with van der Waals surface area (Å²) in [6.45, 7) is 3.41. The Kier molecular flexibility index (Phi) is 9.00. The Morgan fingerprint density at radius 2 is 1.84 bits per heavy atom. The third-order valence-electron chi connectivity index (χ3n) is 4.08. The van der Waals surface area contributed by atoms with Gasteiger partial charge in [-0.15, -0.1) is 0 Å². The normalized spacial score (nSPS) is 12.8. The molecular formula is C20H20Br2NO7P. The summed E-state index contributed by atoms with van der Waals surface area (Å²) in [7, 11) is -0.457. The molecule has 0 aliphatic carbocycles. The van der Waals surface area contributed by atoms with Crippen LogP contribution in [0.2, 0.25) is 0 Å². The van der Waals surface area contributed by atoms with Crippen molar-refractivity contribution >= 4 is 52.2 Å². The minimum Gasteiger partial charge on any atom is -0.507 e. The van der Waals surface area contributed by atoms with E-state index in [1.807, 2.05) is 0 Å². The summed E-state index contributed by atoms with van der Waals surface area (Å²) in [4.78, 5) is 23.7. The number of ether oxygens (including phenoxy) is 2. The fraction of sp³-hybridized carbons (Fsp3) is 0.300. The third kappa shape index (κ3) is 6.74. The maximum absolute atomic E-state index is 12.4. The predicted octanol–water partition coefficient (Wildman–Crippen LogP) is 4.85. The summed E-state index contributed by atoms with van der Waals surface area (Å²) in [5.74, 6) is -0.651. The standard InChI is InChI=1S/C20H20Br2NO7P/c1-3-29-17(25)6-7-23-19(26)13-10-12(4-5-16(13)24)30-18-14(21)8-11(9-15(18)22)20(2,27)31-28/h4-5,8-10,24,27H,3,6-7H2,1-2H3,(H,23,26). The van der Waals surface area contributed by atoms with Crippen molar-refractivity contribution in [1.29, 1.82) is 0 Å². The van der Waals surface area contributed by atoms with Gasteiger partial charge in [0.25, 0.3) is 5.91 Å². The molecule has 0 aliphatic heterocycles. The van der Waals surface area contributed by atoms with Crippen LogP contribution in [0.5, 0.6) is 17.2 Å². The van der Waals surface area contributed by atoms with Crippen LogP contribution in [0.1, 0.15) is 36.2 Å². The zero-order valence-electron chi connectivity index (χ0n) is 16.6. The molecule has 0 bridgehead atoms. The van der Waals surface area contributed by atoms with E-state index in [0.29, 0.717) is 20.3 Å². The highest BCUT2D eigenvalue weighted by atomic mass is 79.9. The number of halogens is 2. The van der Waals surface area contributed by atoms with E-state index in [-0.39, 0.29) is 36.6 Å². The lowest BCUT2D eigenvalue weighted by molar-refractivity contribution is -0.142. The molecule has 1 unspecified atom stereocenters. The number of amides is 1. The largest absolute Gasteiger partial charge is 0.507 e. The van der Waals surface area contributed by atoms with Gasteiger partial charge in [-0.2, -0.15) is 0 Å². The summed E-state index contributed by atoms with van der Waals surface area (Å²) in [5, 5.41) is 21.2. The number of phenolic OH excluding ortho intramolecular Hbond substituents is 1. The van der Waals surface area contributed by atoms with Crippen molar-refractivity contribution in [2.24, 2.45) is 0 Å². The van der Waals surface area contributed by atoms with Crippen LogP contribution in [0.4, 0.5) is 0 Å². The lowest BCUT2D eigenvalue weighted by atomic mass is 10.1. The Morgan fingerprint density at radius 1 is 1.19 bits per heavy atom. The summed E-state index contributed by atoms with van der Waals surface area (Å²) in [6, 6.07) is 7.27. The first-order valence-electron chi connectivity index (χ1n) is 9.10. The first kappa shape index (κ1) is 25.3. The topological polar surface area (TPSA) is 122 Å². The molecule has 11 heteroatoms. The van der Waals surface area contributed by atoms with Gasteiger partial charge in [0.2, 0.25) is 0 Å². The highest BCUT2D eigenvalue weighted by Gasteiger charge is 2.26. The minimum atomic E-state index is -1.57. The van der Waals surface area contributed by atoms with E-state index in [2.05, 4.69) is 37.2 Å². The van der Waals surface area contributed by atoms with Gasteiger partial charge in [-0.05, 0) is 81.6 Å². The lowest BCUT2D eigenvalue weighted by Crippen LogP contribution is -2.26. The van der Waals surface area contributed by atoms with Crippen molar-refractivity contribution < 1.29 is 33.8 Å². The van der Waals surface area contributed by atoms with E-state index in [4.69, 9.17) is 9.47 Å². The van der Waals surface area contributed by atoms with E-state index < -0.39 is 25.7 Å². The summed E-state index contributed by atoms with van der Waals surface area (Å²) in [5.41, 5.74) is 0.362. The second-order valence-electron chi connectivity index (χ2n) is 6.47. The average Bonchev–Trinajstić information content (AvgIpc) is 2.71. The van der Waals surface area contributed by atoms with Crippen molar-refractivity contribution in [3.8, 4) is 17.2 Å². The highest BCUT2D eigenvalue weighted by molar-refractivity contribution is 9.11. The second kappa shape index (κ2) is 11.0. The average molecular weight is 577 g/mol. The number of aromatic hydroxyl groups is 1. The molecule has 0 heterocycles. The molecule has 8 nitrogen and oxygen atoms in total. The van der Waals surface area contributed by atoms with E-state index in [1.165, 1.54) is 25.1 Å². The van der Waals surface area contributed by atoms with E-state index in [1.54, 1.807) is 19.1 Å². The van der Waals surface area contributed by atoms with Gasteiger partial charge < -0.3 is 25.0 Å². The minimum absolute atomic E-state index is 0.00927. The number of aliphatic hydroxyl groups is 1. The van der Waals surface area contributed by atoms with E-state index in [0.717, 1.165) is 0 Å². The van der Waals surface area contributed by atoms with Crippen LogP contribution in [0.25, 0.3) is 0 Å². The van der Waals surface area contributed by atoms with E-state index in [9.17, 15) is 24.4 Å². The first-order chi connectivity index (χ1) is 14.6. The lowest BCUT2D eigenvalue weighted by Gasteiger charge is -2.18. The molecule has 0 aliphatic rings. The number of esters is 1. The van der Waals surface area contributed by atoms with Crippen LogP contribution in [0.3, 0.4) is 0 Å². The molecular weight excluding hydrogens is 557 g/mol. The molecule has 2 rings (SSSR count). The molecule has 2 aromatic carbocycles. The van der Waals surface area contributed by atoms with Crippen LogP contribution in [-0.2, 0) is 19.4 Å². The van der Waals surface area contributed by atoms with Crippen LogP contribution in [0, 0.1) is 0 Å². The zero-order valence-corrected chi connectivity index (χ0v) is 20.7. The van der Waals surface area contributed by atoms with Gasteiger partial charge in [0.05, 0.1) is 27.5 Å². The van der Waals surface area contributed by atoms with Crippen molar-refractivity contribution in [1.82, 2.24) is 5.32 Å². The number of phenols is 1. The van der Waals surface area contributed by atoms with Gasteiger partial charge in [-0.25, -0.2) is 0 Å². The van der Waals surface area contributed by atoms with Crippen LogP contribution in [-0.4, -0.2) is 35.2 Å². The maximum atomic E-state index is 12.4. The molecule has 0 saturated heterocycles. The molecule has 31 heavy (non-hydrogen) atoms. The summed E-state index contributed by atoms with van der Waals surface area (Å²) in [6.07, 6.45) is 0.00927. The molecule has 166 valence electrons. The van der Waals surface area contributed by atoms with Crippen molar-refractivity contribution in [2.45, 2.75) is 25.6 Å². The molecule has 0 radical (unpaired) electrons. The Hall–Kier alpha value is -2.00. The van der Waals surface area contributed by atoms with Gasteiger partial charge in [-0.1, -0.05) is 0 Å². The fourth-order valence-corrected chi connectivity index (χ4v) is 4.05. The highest BCUT2D eigenvalue weighted by Crippen LogP contribution is 2.42. The Morgan fingerprint density at radius 3 is 2.42 bits per heavy atom. The molecule has 0 fully saturated rings. The first-order valence-corrected chi connectivity index (χ1v) is 11.5. The molecule has 2 aromatic rings. The van der Waals surface area contributed by atoms with E-state index >= 15 is 0 Å². The van der Waals surface area contributed by atoms with Crippen LogP contribution in [0.15, 0.2) is 39.3 Å². The molecule has 1 atom stereocenters. The van der Waals surface area contributed by atoms with Crippen LogP contribution < -0.4 is 10.1 Å². The number of rotatable bonds is 9. The number of carbonyl (C=O) groups excluding carboxylic acids is 2.